The molecule has 2 aromatic rings. The average molecular weight is 440 g/mol. The molecule has 1 N–H and O–H groups in total. The molecule has 2 fully saturated rings. The number of hydrogen-bond donors (Lipinski definition) is 1. The van der Waals surface area contributed by atoms with Crippen LogP contribution in [-0.4, -0.2) is 59.2 Å². The molecule has 6 nitrogen and oxygen atoms in total. The average Bonchev–Trinajstić information content (AvgIpc) is 3.24. The summed E-state index contributed by atoms with van der Waals surface area (Å²) in [5, 5.41) is 3.16. The van der Waals surface area contributed by atoms with Crippen LogP contribution in [-0.2, 0) is 6.54 Å². The summed E-state index contributed by atoms with van der Waals surface area (Å²) in [6.07, 6.45) is 5.61. The third-order valence-electron chi connectivity index (χ3n) is 5.65. The lowest BCUT2D eigenvalue weighted by molar-refractivity contribution is 0.0767. The maximum absolute atomic E-state index is 14.9. The van der Waals surface area contributed by atoms with Crippen LogP contribution in [0.25, 0.3) is 0 Å². The summed E-state index contributed by atoms with van der Waals surface area (Å²) in [7, 11) is 0. The molecule has 0 aromatic carbocycles. The Kier molecular flexibility index (Phi) is 6.52. The largest absolute Gasteiger partial charge is 0.346 e. The van der Waals surface area contributed by atoms with E-state index in [1.54, 1.807) is 0 Å². The Hall–Kier alpha value is -2.20. The minimum Gasteiger partial charge on any atom is -0.346 e. The predicted molar refractivity (Wildman–Crippen MR) is 108 cm³/mol. The topological polar surface area (TPSA) is 61.4 Å². The van der Waals surface area contributed by atoms with Gasteiger partial charge in [-0.25, -0.2) is 18.2 Å². The van der Waals surface area contributed by atoms with Gasteiger partial charge in [-0.15, -0.1) is 0 Å². The summed E-state index contributed by atoms with van der Waals surface area (Å²) in [6, 6.07) is 0.683. The number of nitrogens with zero attached hydrogens (tertiary/aromatic N) is 4. The fourth-order valence-electron chi connectivity index (χ4n) is 4.07. The highest BCUT2D eigenvalue weighted by Crippen LogP contribution is 2.29. The van der Waals surface area contributed by atoms with Crippen LogP contribution in [0.2, 0.25) is 0 Å². The molecule has 4 heterocycles. The second-order valence-electron chi connectivity index (χ2n) is 7.69. The highest BCUT2D eigenvalue weighted by atomic mass is 32.1. The van der Waals surface area contributed by atoms with Crippen molar-refractivity contribution in [1.82, 2.24) is 20.2 Å². The predicted octanol–water partition coefficient (Wildman–Crippen LogP) is 3.15. The number of halogens is 3. The van der Waals surface area contributed by atoms with Crippen molar-refractivity contribution < 1.29 is 18.0 Å². The Morgan fingerprint density at radius 2 is 1.97 bits per heavy atom. The quantitative estimate of drug-likeness (QED) is 0.776. The molecule has 2 atom stereocenters. The number of rotatable bonds is 5. The molecular weight excluding hydrogens is 415 g/mol. The van der Waals surface area contributed by atoms with E-state index in [0.29, 0.717) is 16.6 Å². The zero-order chi connectivity index (χ0) is 21.1. The number of nitrogens with one attached hydrogen (secondary N) is 1. The lowest BCUT2D eigenvalue weighted by Gasteiger charge is -2.42. The molecule has 30 heavy (non-hydrogen) atoms. The Bertz CT molecular complexity index is 889. The van der Waals surface area contributed by atoms with E-state index in [1.807, 2.05) is 4.90 Å². The first-order valence-corrected chi connectivity index (χ1v) is 11.0. The van der Waals surface area contributed by atoms with Gasteiger partial charge in [-0.3, -0.25) is 14.7 Å². The fraction of sp³-hybridized carbons (Fsp3) is 0.550. The molecular formula is C20H24F3N5OS. The standard InChI is InChI=1S/C20H24F3N5OS/c21-13-8-14(22)16(24-9-13)10-25-19(29)18-11-26-20(30-18)28-7-4-17(15(23)12-28)27-5-2-1-3-6-27/h8-9,11,15,17H,1-7,10,12H2,(H,25,29). The number of carbonyl (C=O) groups is 1. The highest BCUT2D eigenvalue weighted by molar-refractivity contribution is 7.17. The first-order chi connectivity index (χ1) is 14.5. The van der Waals surface area contributed by atoms with Gasteiger partial charge in [-0.1, -0.05) is 17.8 Å². The molecule has 0 saturated carbocycles. The van der Waals surface area contributed by atoms with Gasteiger partial charge in [0.05, 0.1) is 31.2 Å². The van der Waals surface area contributed by atoms with E-state index in [2.05, 4.69) is 20.2 Å². The van der Waals surface area contributed by atoms with Gasteiger partial charge >= 0.3 is 0 Å². The van der Waals surface area contributed by atoms with Crippen molar-refractivity contribution in [3.05, 3.63) is 40.7 Å². The van der Waals surface area contributed by atoms with Crippen LogP contribution in [0.3, 0.4) is 0 Å². The van der Waals surface area contributed by atoms with Crippen molar-refractivity contribution >= 4 is 22.4 Å². The van der Waals surface area contributed by atoms with Crippen molar-refractivity contribution in [2.75, 3.05) is 31.1 Å². The van der Waals surface area contributed by atoms with Gasteiger partial charge in [-0.2, -0.15) is 0 Å². The van der Waals surface area contributed by atoms with E-state index in [1.165, 1.54) is 24.0 Å². The summed E-state index contributed by atoms with van der Waals surface area (Å²) >= 11 is 1.18. The normalized spacial score (nSPS) is 22.8. The molecule has 2 aliphatic heterocycles. The third kappa shape index (κ3) is 4.75. The van der Waals surface area contributed by atoms with Crippen LogP contribution in [0, 0.1) is 11.6 Å². The van der Waals surface area contributed by atoms with E-state index in [0.717, 1.165) is 44.6 Å². The van der Waals surface area contributed by atoms with Crippen molar-refractivity contribution in [2.24, 2.45) is 0 Å². The Labute approximate surface area is 177 Å². The monoisotopic (exact) mass is 439 g/mol. The Balaban J connectivity index is 1.33. The lowest BCUT2D eigenvalue weighted by atomic mass is 9.98. The molecule has 2 aromatic heterocycles. The number of hydrogen-bond acceptors (Lipinski definition) is 6. The van der Waals surface area contributed by atoms with E-state index < -0.39 is 23.7 Å². The van der Waals surface area contributed by atoms with Gasteiger partial charge < -0.3 is 10.2 Å². The number of alkyl halides is 1. The molecule has 0 radical (unpaired) electrons. The van der Waals surface area contributed by atoms with E-state index in [-0.39, 0.29) is 24.8 Å². The number of amides is 1. The second kappa shape index (κ2) is 9.30. The summed E-state index contributed by atoms with van der Waals surface area (Å²) < 4.78 is 41.4. The molecule has 0 spiro atoms. The molecule has 0 bridgehead atoms. The fourth-order valence-corrected chi connectivity index (χ4v) is 4.93. The van der Waals surface area contributed by atoms with Crippen molar-refractivity contribution in [3.8, 4) is 0 Å². The number of thiazole rings is 1. The number of likely N-dealkylation sites (tertiary alicyclic amines) is 1. The minimum atomic E-state index is -0.953. The molecule has 2 saturated heterocycles. The summed E-state index contributed by atoms with van der Waals surface area (Å²) in [5.41, 5.74) is -0.0467. The van der Waals surface area contributed by atoms with Gasteiger partial charge in [-0.05, 0) is 32.4 Å². The highest BCUT2D eigenvalue weighted by Gasteiger charge is 2.35. The van der Waals surface area contributed by atoms with E-state index in [4.69, 9.17) is 0 Å². The number of anilines is 1. The van der Waals surface area contributed by atoms with Gasteiger partial charge in [0.2, 0.25) is 0 Å². The maximum atomic E-state index is 14.9. The van der Waals surface area contributed by atoms with Gasteiger partial charge in [0.1, 0.15) is 22.7 Å². The Morgan fingerprint density at radius 1 is 1.17 bits per heavy atom. The number of pyridine rings is 1. The number of piperidine rings is 2. The summed E-state index contributed by atoms with van der Waals surface area (Å²) in [4.78, 5) is 24.8. The van der Waals surface area contributed by atoms with Crippen LogP contribution in [0.1, 0.15) is 41.0 Å². The number of aromatic nitrogens is 2. The van der Waals surface area contributed by atoms with Gasteiger partial charge in [0, 0.05) is 18.7 Å². The van der Waals surface area contributed by atoms with Crippen molar-refractivity contribution in [2.45, 2.75) is 44.4 Å². The lowest BCUT2D eigenvalue weighted by Crippen LogP contribution is -2.53. The third-order valence-corrected chi connectivity index (χ3v) is 6.71. The van der Waals surface area contributed by atoms with E-state index >= 15 is 0 Å². The summed E-state index contributed by atoms with van der Waals surface area (Å²) in [5.74, 6) is -2.01. The molecule has 2 unspecified atom stereocenters. The minimum absolute atomic E-state index is 0.0395. The van der Waals surface area contributed by atoms with Crippen LogP contribution in [0.5, 0.6) is 0 Å². The molecule has 1 amide bonds. The molecule has 4 rings (SSSR count). The first kappa shape index (κ1) is 21.0. The van der Waals surface area contributed by atoms with E-state index in [9.17, 15) is 18.0 Å². The smallest absolute Gasteiger partial charge is 0.263 e. The Morgan fingerprint density at radius 3 is 2.70 bits per heavy atom. The molecule has 0 aliphatic carbocycles. The van der Waals surface area contributed by atoms with Crippen molar-refractivity contribution in [1.29, 1.82) is 0 Å². The molecule has 2 aliphatic rings. The van der Waals surface area contributed by atoms with Crippen molar-refractivity contribution in [3.63, 3.8) is 0 Å². The van der Waals surface area contributed by atoms with Crippen LogP contribution >= 0.6 is 11.3 Å². The molecule has 10 heteroatoms. The van der Waals surface area contributed by atoms with Crippen LogP contribution < -0.4 is 10.2 Å². The van der Waals surface area contributed by atoms with Gasteiger partial charge in [0.15, 0.2) is 5.13 Å². The zero-order valence-corrected chi connectivity index (χ0v) is 17.3. The van der Waals surface area contributed by atoms with Crippen LogP contribution in [0.15, 0.2) is 18.5 Å². The second-order valence-corrected chi connectivity index (χ2v) is 8.70. The summed E-state index contributed by atoms with van der Waals surface area (Å²) in [6.45, 7) is 2.74. The van der Waals surface area contributed by atoms with Crippen LogP contribution in [0.4, 0.5) is 18.3 Å². The SMILES string of the molecule is O=C(NCc1ncc(F)cc1F)c1cnc(N2CCC(N3CCCCC3)C(F)C2)s1. The first-order valence-electron chi connectivity index (χ1n) is 10.2. The van der Waals surface area contributed by atoms with Gasteiger partial charge in [0.25, 0.3) is 5.91 Å². The molecule has 162 valence electrons. The number of carbonyl (C=O) groups excluding carboxylic acids is 1. The zero-order valence-electron chi connectivity index (χ0n) is 16.5. The maximum Gasteiger partial charge on any atom is 0.263 e.